The van der Waals surface area contributed by atoms with Gasteiger partial charge < -0.3 is 9.84 Å². The standard InChI is InChI=1S/C15H15BrO2/c16-10-15(17)13-6-8-14(9-7-13)18-11-12-4-2-1-3-5-12/h1-9,15,17H,10-11H2/t15-/m1/s1. The monoisotopic (exact) mass is 306 g/mol. The van der Waals surface area contributed by atoms with E-state index in [1.807, 2.05) is 54.6 Å². The first-order valence-electron chi connectivity index (χ1n) is 5.80. The fourth-order valence-corrected chi connectivity index (χ4v) is 1.99. The minimum atomic E-state index is -0.465. The molecule has 0 fully saturated rings. The highest BCUT2D eigenvalue weighted by Gasteiger charge is 2.05. The molecule has 1 N–H and O–H groups in total. The Labute approximate surface area is 115 Å². The first-order chi connectivity index (χ1) is 8.79. The molecule has 2 nitrogen and oxygen atoms in total. The van der Waals surface area contributed by atoms with Crippen molar-refractivity contribution in [2.75, 3.05) is 5.33 Å². The number of alkyl halides is 1. The van der Waals surface area contributed by atoms with E-state index in [0.717, 1.165) is 16.9 Å². The maximum Gasteiger partial charge on any atom is 0.119 e. The Morgan fingerprint density at radius 3 is 2.28 bits per heavy atom. The summed E-state index contributed by atoms with van der Waals surface area (Å²) in [6, 6.07) is 17.6. The van der Waals surface area contributed by atoms with Crippen LogP contribution in [0.5, 0.6) is 5.75 Å². The van der Waals surface area contributed by atoms with Gasteiger partial charge in [0.2, 0.25) is 0 Å². The molecular formula is C15H15BrO2. The van der Waals surface area contributed by atoms with Crippen molar-refractivity contribution in [1.82, 2.24) is 0 Å². The number of rotatable bonds is 5. The Balaban J connectivity index is 1.94. The molecule has 0 heterocycles. The van der Waals surface area contributed by atoms with E-state index < -0.39 is 6.10 Å². The molecule has 0 radical (unpaired) electrons. The molecule has 0 saturated carbocycles. The van der Waals surface area contributed by atoms with Gasteiger partial charge in [-0.15, -0.1) is 0 Å². The van der Waals surface area contributed by atoms with E-state index >= 15 is 0 Å². The van der Waals surface area contributed by atoms with Crippen molar-refractivity contribution in [2.24, 2.45) is 0 Å². The molecule has 0 aliphatic rings. The quantitative estimate of drug-likeness (QED) is 0.854. The predicted octanol–water partition coefficient (Wildman–Crippen LogP) is 3.69. The molecule has 94 valence electrons. The second-order valence-electron chi connectivity index (χ2n) is 4.01. The highest BCUT2D eigenvalue weighted by Crippen LogP contribution is 2.19. The van der Waals surface area contributed by atoms with Gasteiger partial charge in [-0.25, -0.2) is 0 Å². The van der Waals surface area contributed by atoms with E-state index in [2.05, 4.69) is 15.9 Å². The summed E-state index contributed by atoms with van der Waals surface area (Å²) in [5.41, 5.74) is 2.03. The molecule has 18 heavy (non-hydrogen) atoms. The van der Waals surface area contributed by atoms with Crippen molar-refractivity contribution in [3.8, 4) is 5.75 Å². The highest BCUT2D eigenvalue weighted by molar-refractivity contribution is 9.09. The molecule has 1 atom stereocenters. The minimum Gasteiger partial charge on any atom is -0.489 e. The number of aliphatic hydroxyl groups excluding tert-OH is 1. The number of hydrogen-bond acceptors (Lipinski definition) is 2. The number of ether oxygens (including phenoxy) is 1. The van der Waals surface area contributed by atoms with Crippen LogP contribution in [0.3, 0.4) is 0 Å². The number of aliphatic hydroxyl groups is 1. The summed E-state index contributed by atoms with van der Waals surface area (Å²) in [4.78, 5) is 0. The third-order valence-corrected chi connectivity index (χ3v) is 3.27. The van der Waals surface area contributed by atoms with Crippen LogP contribution in [-0.2, 0) is 6.61 Å². The van der Waals surface area contributed by atoms with Gasteiger partial charge in [-0.05, 0) is 23.3 Å². The van der Waals surface area contributed by atoms with Crippen molar-refractivity contribution in [3.63, 3.8) is 0 Å². The lowest BCUT2D eigenvalue weighted by atomic mass is 10.1. The van der Waals surface area contributed by atoms with Gasteiger partial charge >= 0.3 is 0 Å². The molecule has 0 aliphatic carbocycles. The average molecular weight is 307 g/mol. The molecule has 0 spiro atoms. The van der Waals surface area contributed by atoms with Gasteiger partial charge in [-0.3, -0.25) is 0 Å². The number of hydrogen-bond donors (Lipinski definition) is 1. The van der Waals surface area contributed by atoms with Crippen LogP contribution >= 0.6 is 15.9 Å². The largest absolute Gasteiger partial charge is 0.489 e. The zero-order valence-electron chi connectivity index (χ0n) is 9.92. The molecule has 2 rings (SSSR count). The van der Waals surface area contributed by atoms with E-state index in [1.54, 1.807) is 0 Å². The summed E-state index contributed by atoms with van der Waals surface area (Å²) in [6.07, 6.45) is -0.465. The SMILES string of the molecule is O[C@H](CBr)c1ccc(OCc2ccccc2)cc1. The Morgan fingerprint density at radius 2 is 1.67 bits per heavy atom. The molecule has 0 amide bonds. The topological polar surface area (TPSA) is 29.5 Å². The van der Waals surface area contributed by atoms with Gasteiger partial charge in [0.05, 0.1) is 6.10 Å². The normalized spacial score (nSPS) is 12.1. The Morgan fingerprint density at radius 1 is 1.00 bits per heavy atom. The number of benzene rings is 2. The predicted molar refractivity (Wildman–Crippen MR) is 76.0 cm³/mol. The maximum absolute atomic E-state index is 9.64. The van der Waals surface area contributed by atoms with Crippen molar-refractivity contribution >= 4 is 15.9 Å². The van der Waals surface area contributed by atoms with Crippen LogP contribution in [-0.4, -0.2) is 10.4 Å². The summed E-state index contributed by atoms with van der Waals surface area (Å²) < 4.78 is 5.67. The van der Waals surface area contributed by atoms with Gasteiger partial charge in [-0.1, -0.05) is 58.4 Å². The van der Waals surface area contributed by atoms with Crippen LogP contribution in [0.15, 0.2) is 54.6 Å². The minimum absolute atomic E-state index is 0.465. The lowest BCUT2D eigenvalue weighted by molar-refractivity contribution is 0.205. The third kappa shape index (κ3) is 3.59. The summed E-state index contributed by atoms with van der Waals surface area (Å²) in [7, 11) is 0. The van der Waals surface area contributed by atoms with Gasteiger partial charge in [0, 0.05) is 5.33 Å². The van der Waals surface area contributed by atoms with Crippen LogP contribution in [0.2, 0.25) is 0 Å². The van der Waals surface area contributed by atoms with Crippen molar-refractivity contribution < 1.29 is 9.84 Å². The van der Waals surface area contributed by atoms with Crippen LogP contribution in [0.1, 0.15) is 17.2 Å². The highest BCUT2D eigenvalue weighted by atomic mass is 79.9. The first-order valence-corrected chi connectivity index (χ1v) is 6.92. The van der Waals surface area contributed by atoms with Crippen LogP contribution < -0.4 is 4.74 Å². The lowest BCUT2D eigenvalue weighted by Gasteiger charge is -2.09. The van der Waals surface area contributed by atoms with E-state index in [4.69, 9.17) is 4.74 Å². The smallest absolute Gasteiger partial charge is 0.119 e. The molecule has 2 aromatic rings. The van der Waals surface area contributed by atoms with Gasteiger partial charge in [0.1, 0.15) is 12.4 Å². The molecule has 0 saturated heterocycles. The third-order valence-electron chi connectivity index (χ3n) is 2.66. The first kappa shape index (κ1) is 13.1. The molecule has 3 heteroatoms. The molecule has 0 aromatic heterocycles. The molecular weight excluding hydrogens is 292 g/mol. The van der Waals surface area contributed by atoms with E-state index in [9.17, 15) is 5.11 Å². The Bertz CT molecular complexity index is 468. The molecule has 0 bridgehead atoms. The second-order valence-corrected chi connectivity index (χ2v) is 4.66. The van der Waals surface area contributed by atoms with Crippen LogP contribution in [0, 0.1) is 0 Å². The van der Waals surface area contributed by atoms with Gasteiger partial charge in [0.25, 0.3) is 0 Å². The van der Waals surface area contributed by atoms with Crippen molar-refractivity contribution in [3.05, 3.63) is 65.7 Å². The van der Waals surface area contributed by atoms with Gasteiger partial charge in [-0.2, -0.15) is 0 Å². The van der Waals surface area contributed by atoms with Crippen LogP contribution in [0.25, 0.3) is 0 Å². The van der Waals surface area contributed by atoms with Crippen molar-refractivity contribution in [2.45, 2.75) is 12.7 Å². The average Bonchev–Trinajstić information content (AvgIpc) is 2.46. The Hall–Kier alpha value is -1.32. The molecule has 0 unspecified atom stereocenters. The van der Waals surface area contributed by atoms with Crippen molar-refractivity contribution in [1.29, 1.82) is 0 Å². The summed E-state index contributed by atoms with van der Waals surface area (Å²) in [6.45, 7) is 0.557. The fraction of sp³-hybridized carbons (Fsp3) is 0.200. The maximum atomic E-state index is 9.64. The lowest BCUT2D eigenvalue weighted by Crippen LogP contribution is -1.99. The van der Waals surface area contributed by atoms with E-state index in [1.165, 1.54) is 0 Å². The van der Waals surface area contributed by atoms with E-state index in [-0.39, 0.29) is 0 Å². The molecule has 2 aromatic carbocycles. The summed E-state index contributed by atoms with van der Waals surface area (Å²) in [5.74, 6) is 0.810. The number of halogens is 1. The van der Waals surface area contributed by atoms with Crippen LogP contribution in [0.4, 0.5) is 0 Å². The zero-order chi connectivity index (χ0) is 12.8. The fourth-order valence-electron chi connectivity index (χ4n) is 1.62. The van der Waals surface area contributed by atoms with Gasteiger partial charge in [0.15, 0.2) is 0 Å². The van der Waals surface area contributed by atoms with E-state index in [0.29, 0.717) is 11.9 Å². The molecule has 0 aliphatic heterocycles. The zero-order valence-corrected chi connectivity index (χ0v) is 11.5. The Kier molecular flexibility index (Phi) is 4.79. The summed E-state index contributed by atoms with van der Waals surface area (Å²) in [5, 5.41) is 10.2. The second kappa shape index (κ2) is 6.57. The summed E-state index contributed by atoms with van der Waals surface area (Å²) >= 11 is 3.25.